The van der Waals surface area contributed by atoms with Crippen molar-refractivity contribution in [3.05, 3.63) is 46.3 Å². The lowest BCUT2D eigenvalue weighted by Gasteiger charge is -2.61. The summed E-state index contributed by atoms with van der Waals surface area (Å²) < 4.78 is 11.9. The van der Waals surface area contributed by atoms with Crippen molar-refractivity contribution in [3.63, 3.8) is 0 Å². The third-order valence-electron chi connectivity index (χ3n) is 7.38. The second-order valence-electron chi connectivity index (χ2n) is 8.73. The molecule has 0 aromatic carbocycles. The number of carbonyl (C=O) groups excluding carboxylic acids is 2. The van der Waals surface area contributed by atoms with Crippen LogP contribution >= 0.6 is 0 Å². The second-order valence-corrected chi connectivity index (χ2v) is 8.73. The van der Waals surface area contributed by atoms with E-state index >= 15 is 0 Å². The Labute approximate surface area is 166 Å². The number of esters is 2. The molecule has 0 aromatic heterocycles. The highest BCUT2D eigenvalue weighted by molar-refractivity contribution is 5.99. The summed E-state index contributed by atoms with van der Waals surface area (Å²) in [5.74, 6) is 1.04. The second kappa shape index (κ2) is 6.47. The fourth-order valence-electron chi connectivity index (χ4n) is 6.39. The van der Waals surface area contributed by atoms with Gasteiger partial charge in [0.2, 0.25) is 0 Å². The van der Waals surface area contributed by atoms with E-state index in [9.17, 15) is 9.59 Å². The lowest BCUT2D eigenvalue weighted by Crippen LogP contribution is -2.65. The van der Waals surface area contributed by atoms with E-state index in [1.807, 2.05) is 6.08 Å². The molecule has 0 N–H and O–H groups in total. The molecular formula is C24H28O4. The molecule has 3 aliphatic carbocycles. The van der Waals surface area contributed by atoms with Crippen molar-refractivity contribution in [2.24, 2.45) is 17.8 Å². The van der Waals surface area contributed by atoms with Crippen LogP contribution in [0.25, 0.3) is 0 Å². The Bertz CT molecular complexity index is 871. The molecule has 148 valence electrons. The molecule has 0 saturated heterocycles. The summed E-state index contributed by atoms with van der Waals surface area (Å²) in [6.45, 7) is 4.32. The van der Waals surface area contributed by atoms with Gasteiger partial charge in [0.25, 0.3) is 0 Å². The van der Waals surface area contributed by atoms with Gasteiger partial charge < -0.3 is 9.47 Å². The Morgan fingerprint density at radius 2 is 2.04 bits per heavy atom. The van der Waals surface area contributed by atoms with Crippen LogP contribution < -0.4 is 0 Å². The number of hydrogen-bond donors (Lipinski definition) is 0. The average Bonchev–Trinajstić information content (AvgIpc) is 3.19. The number of allylic oxidation sites excluding steroid dienone is 3. The minimum absolute atomic E-state index is 0.0317. The lowest BCUT2D eigenvalue weighted by atomic mass is 9.44. The number of ether oxygens (including phenoxy) is 2. The molecule has 28 heavy (non-hydrogen) atoms. The predicted octanol–water partition coefficient (Wildman–Crippen LogP) is 4.92. The first-order chi connectivity index (χ1) is 13.6. The number of carbonyl (C=O) groups is 2. The molecule has 2 heterocycles. The Balaban J connectivity index is 1.63. The summed E-state index contributed by atoms with van der Waals surface area (Å²) in [5, 5.41) is 0. The van der Waals surface area contributed by atoms with E-state index in [1.165, 1.54) is 0 Å². The topological polar surface area (TPSA) is 52.6 Å². The average molecular weight is 380 g/mol. The van der Waals surface area contributed by atoms with Gasteiger partial charge in [0.15, 0.2) is 0 Å². The molecule has 1 saturated carbocycles. The first-order valence-electron chi connectivity index (χ1n) is 10.9. The van der Waals surface area contributed by atoms with Crippen LogP contribution in [0.1, 0.15) is 65.2 Å². The van der Waals surface area contributed by atoms with Crippen molar-refractivity contribution in [2.45, 2.75) is 70.8 Å². The highest BCUT2D eigenvalue weighted by Gasteiger charge is 2.71. The first kappa shape index (κ1) is 18.0. The zero-order chi connectivity index (χ0) is 19.5. The third-order valence-corrected chi connectivity index (χ3v) is 7.38. The van der Waals surface area contributed by atoms with Crippen LogP contribution in [0.5, 0.6) is 0 Å². The van der Waals surface area contributed by atoms with E-state index in [4.69, 9.17) is 9.47 Å². The van der Waals surface area contributed by atoms with Gasteiger partial charge in [-0.1, -0.05) is 38.8 Å². The van der Waals surface area contributed by atoms with Crippen molar-refractivity contribution >= 4 is 11.9 Å². The van der Waals surface area contributed by atoms with Crippen LogP contribution in [-0.4, -0.2) is 17.5 Å². The fraction of sp³-hybridized carbons (Fsp3) is 0.583. The Morgan fingerprint density at radius 3 is 2.82 bits per heavy atom. The quantitative estimate of drug-likeness (QED) is 0.650. The molecule has 1 spiro atoms. The van der Waals surface area contributed by atoms with E-state index in [0.29, 0.717) is 11.8 Å². The van der Waals surface area contributed by atoms with Crippen molar-refractivity contribution < 1.29 is 19.1 Å². The molecule has 0 radical (unpaired) electrons. The summed E-state index contributed by atoms with van der Waals surface area (Å²) in [7, 11) is 0. The van der Waals surface area contributed by atoms with Crippen molar-refractivity contribution in [2.75, 3.05) is 0 Å². The number of hydrogen-bond acceptors (Lipinski definition) is 4. The Kier molecular flexibility index (Phi) is 4.15. The van der Waals surface area contributed by atoms with E-state index in [1.54, 1.807) is 0 Å². The molecule has 4 atom stereocenters. The molecule has 2 aliphatic heterocycles. The summed E-state index contributed by atoms with van der Waals surface area (Å²) >= 11 is 0. The highest BCUT2D eigenvalue weighted by Crippen LogP contribution is 2.68. The van der Waals surface area contributed by atoms with Crippen LogP contribution in [0.3, 0.4) is 0 Å². The summed E-state index contributed by atoms with van der Waals surface area (Å²) in [6.07, 6.45) is 13.8. The molecule has 0 amide bonds. The maximum Gasteiger partial charge on any atom is 0.340 e. The van der Waals surface area contributed by atoms with E-state index in [2.05, 4.69) is 26.0 Å². The van der Waals surface area contributed by atoms with Crippen LogP contribution in [0.15, 0.2) is 46.3 Å². The van der Waals surface area contributed by atoms with E-state index in [0.717, 1.165) is 79.4 Å². The molecule has 4 nitrogen and oxygen atoms in total. The van der Waals surface area contributed by atoms with Gasteiger partial charge in [-0.25, -0.2) is 9.59 Å². The molecule has 5 rings (SSSR count). The smallest absolute Gasteiger partial charge is 0.340 e. The normalized spacial score (nSPS) is 37.1. The van der Waals surface area contributed by atoms with Gasteiger partial charge in [0, 0.05) is 17.4 Å². The number of fused-ring (bicyclic) bond motifs is 4. The van der Waals surface area contributed by atoms with Crippen molar-refractivity contribution in [3.8, 4) is 0 Å². The fourth-order valence-corrected chi connectivity index (χ4v) is 6.39. The van der Waals surface area contributed by atoms with Crippen molar-refractivity contribution in [1.29, 1.82) is 0 Å². The van der Waals surface area contributed by atoms with Crippen LogP contribution in [0.2, 0.25) is 0 Å². The maximum atomic E-state index is 12.9. The minimum Gasteiger partial charge on any atom is -0.450 e. The SMILES string of the molecule is CCC/C=C1/OC(=O)C2=C1CCC1C(CCC)C3(OC(=O)C4=C3CCC=C4)C21. The molecule has 4 heteroatoms. The van der Waals surface area contributed by atoms with E-state index in [-0.39, 0.29) is 17.9 Å². The lowest BCUT2D eigenvalue weighted by molar-refractivity contribution is -0.197. The molecular weight excluding hydrogens is 352 g/mol. The van der Waals surface area contributed by atoms with Crippen LogP contribution in [-0.2, 0) is 19.1 Å². The van der Waals surface area contributed by atoms with Gasteiger partial charge in [0.1, 0.15) is 11.4 Å². The Morgan fingerprint density at radius 1 is 1.18 bits per heavy atom. The molecule has 4 unspecified atom stereocenters. The number of rotatable bonds is 4. The van der Waals surface area contributed by atoms with E-state index < -0.39 is 5.60 Å². The molecule has 5 aliphatic rings. The standard InChI is InChI=1S/C24H28O4/c1-3-5-11-19-16-13-12-14-17(8-4-2)24(21(14)20(16)23(26)27-19)18-10-7-6-9-15(18)22(25)28-24/h6,9,11,14,17,21H,3-5,7-8,10,12-13H2,1-2H3/b19-11+. The van der Waals surface area contributed by atoms with Gasteiger partial charge in [0.05, 0.1) is 11.1 Å². The Hall–Kier alpha value is -2.10. The van der Waals surface area contributed by atoms with Gasteiger partial charge in [-0.05, 0) is 56.1 Å². The molecule has 0 bridgehead atoms. The highest BCUT2D eigenvalue weighted by atomic mass is 16.6. The first-order valence-corrected chi connectivity index (χ1v) is 10.9. The predicted molar refractivity (Wildman–Crippen MR) is 105 cm³/mol. The van der Waals surface area contributed by atoms with Gasteiger partial charge in [-0.2, -0.15) is 0 Å². The van der Waals surface area contributed by atoms with Gasteiger partial charge in [-0.3, -0.25) is 0 Å². The third kappa shape index (κ3) is 2.18. The van der Waals surface area contributed by atoms with Gasteiger partial charge >= 0.3 is 11.9 Å². The minimum atomic E-state index is -0.613. The summed E-state index contributed by atoms with van der Waals surface area (Å²) in [6, 6.07) is 0. The zero-order valence-corrected chi connectivity index (χ0v) is 16.8. The maximum absolute atomic E-state index is 12.9. The van der Waals surface area contributed by atoms with Crippen molar-refractivity contribution in [1.82, 2.24) is 0 Å². The number of cyclic esters (lactones) is 1. The summed E-state index contributed by atoms with van der Waals surface area (Å²) in [4.78, 5) is 25.7. The van der Waals surface area contributed by atoms with Crippen LogP contribution in [0, 0.1) is 17.8 Å². The molecule has 1 fully saturated rings. The molecule has 0 aromatic rings. The largest absolute Gasteiger partial charge is 0.450 e. The monoisotopic (exact) mass is 380 g/mol. The number of unbranched alkanes of at least 4 members (excludes halogenated alkanes) is 1. The summed E-state index contributed by atoms with van der Waals surface area (Å²) in [5.41, 5.74) is 3.16. The van der Waals surface area contributed by atoms with Crippen LogP contribution in [0.4, 0.5) is 0 Å². The zero-order valence-electron chi connectivity index (χ0n) is 16.8. The van der Waals surface area contributed by atoms with Gasteiger partial charge in [-0.15, -0.1) is 0 Å².